The molecule has 2 aromatic heterocycles. The molecular formula is C13H15N3. The summed E-state index contributed by atoms with van der Waals surface area (Å²) in [6, 6.07) is 7.97. The lowest BCUT2D eigenvalue weighted by atomic mass is 10.1. The number of aromatic nitrogens is 2. The molecule has 2 rings (SSSR count). The van der Waals surface area contributed by atoms with E-state index in [0.717, 1.165) is 18.8 Å². The average Bonchev–Trinajstić information content (AvgIpc) is 2.33. The highest BCUT2D eigenvalue weighted by Gasteiger charge is 1.97. The highest BCUT2D eigenvalue weighted by Crippen LogP contribution is 2.04. The summed E-state index contributed by atoms with van der Waals surface area (Å²) in [6.07, 6.45) is 5.53. The lowest BCUT2D eigenvalue weighted by Gasteiger charge is -2.06. The molecule has 0 spiro atoms. The third kappa shape index (κ3) is 2.87. The summed E-state index contributed by atoms with van der Waals surface area (Å²) < 4.78 is 0. The van der Waals surface area contributed by atoms with Gasteiger partial charge in [0.15, 0.2) is 0 Å². The van der Waals surface area contributed by atoms with E-state index < -0.39 is 0 Å². The monoisotopic (exact) mass is 213 g/mol. The van der Waals surface area contributed by atoms with Crippen molar-refractivity contribution in [2.75, 3.05) is 0 Å². The van der Waals surface area contributed by atoms with Crippen LogP contribution in [0.4, 0.5) is 0 Å². The van der Waals surface area contributed by atoms with Crippen molar-refractivity contribution in [1.82, 2.24) is 15.3 Å². The minimum absolute atomic E-state index is 0.787. The van der Waals surface area contributed by atoms with Crippen LogP contribution in [-0.2, 0) is 13.1 Å². The first-order chi connectivity index (χ1) is 7.86. The molecule has 0 fully saturated rings. The Morgan fingerprint density at radius 2 is 2.06 bits per heavy atom. The smallest absolute Gasteiger partial charge is 0.0541 e. The van der Waals surface area contributed by atoms with Crippen LogP contribution in [0.25, 0.3) is 0 Å². The van der Waals surface area contributed by atoms with E-state index in [1.54, 1.807) is 0 Å². The van der Waals surface area contributed by atoms with Crippen LogP contribution in [0, 0.1) is 6.92 Å². The minimum atomic E-state index is 0.787. The Balaban J connectivity index is 1.87. The molecule has 0 aliphatic carbocycles. The molecule has 0 atom stereocenters. The van der Waals surface area contributed by atoms with Crippen molar-refractivity contribution in [2.45, 2.75) is 20.0 Å². The molecule has 0 aliphatic heterocycles. The SMILES string of the molecule is Cc1ccncc1CNCc1ccccn1. The summed E-state index contributed by atoms with van der Waals surface area (Å²) in [5.74, 6) is 0. The first kappa shape index (κ1) is 10.8. The van der Waals surface area contributed by atoms with E-state index in [1.807, 2.05) is 42.9 Å². The molecule has 0 unspecified atom stereocenters. The average molecular weight is 213 g/mol. The maximum absolute atomic E-state index is 4.25. The van der Waals surface area contributed by atoms with Gasteiger partial charge in [0, 0.05) is 31.7 Å². The second-order valence-electron chi connectivity index (χ2n) is 3.73. The number of nitrogens with one attached hydrogen (secondary N) is 1. The van der Waals surface area contributed by atoms with Gasteiger partial charge in [0.25, 0.3) is 0 Å². The van der Waals surface area contributed by atoms with E-state index in [-0.39, 0.29) is 0 Å². The zero-order chi connectivity index (χ0) is 11.2. The first-order valence-corrected chi connectivity index (χ1v) is 5.36. The Hall–Kier alpha value is -1.74. The van der Waals surface area contributed by atoms with Crippen LogP contribution in [0.5, 0.6) is 0 Å². The first-order valence-electron chi connectivity index (χ1n) is 5.36. The van der Waals surface area contributed by atoms with Crippen LogP contribution in [-0.4, -0.2) is 9.97 Å². The van der Waals surface area contributed by atoms with Crippen molar-refractivity contribution >= 4 is 0 Å². The van der Waals surface area contributed by atoms with Crippen molar-refractivity contribution in [3.8, 4) is 0 Å². The quantitative estimate of drug-likeness (QED) is 0.845. The Morgan fingerprint density at radius 3 is 2.81 bits per heavy atom. The van der Waals surface area contributed by atoms with Crippen LogP contribution in [0.1, 0.15) is 16.8 Å². The summed E-state index contributed by atoms with van der Waals surface area (Å²) in [6.45, 7) is 3.71. The molecular weight excluding hydrogens is 198 g/mol. The van der Waals surface area contributed by atoms with Gasteiger partial charge in [-0.3, -0.25) is 9.97 Å². The summed E-state index contributed by atoms with van der Waals surface area (Å²) in [5.41, 5.74) is 3.56. The number of rotatable bonds is 4. The maximum atomic E-state index is 4.25. The van der Waals surface area contributed by atoms with E-state index in [1.165, 1.54) is 11.1 Å². The third-order valence-electron chi connectivity index (χ3n) is 2.50. The van der Waals surface area contributed by atoms with E-state index in [0.29, 0.717) is 0 Å². The van der Waals surface area contributed by atoms with Gasteiger partial charge in [0.2, 0.25) is 0 Å². The van der Waals surface area contributed by atoms with E-state index in [9.17, 15) is 0 Å². The molecule has 0 aliphatic rings. The Labute approximate surface area is 95.6 Å². The Bertz CT molecular complexity index is 440. The second-order valence-corrected chi connectivity index (χ2v) is 3.73. The number of hydrogen-bond acceptors (Lipinski definition) is 3. The summed E-state index contributed by atoms with van der Waals surface area (Å²) in [7, 11) is 0. The fraction of sp³-hybridized carbons (Fsp3) is 0.231. The van der Waals surface area contributed by atoms with Gasteiger partial charge in [-0.1, -0.05) is 6.07 Å². The van der Waals surface area contributed by atoms with Gasteiger partial charge < -0.3 is 5.32 Å². The molecule has 2 heterocycles. The van der Waals surface area contributed by atoms with E-state index in [4.69, 9.17) is 0 Å². The fourth-order valence-corrected chi connectivity index (χ4v) is 1.51. The molecule has 1 N–H and O–H groups in total. The second kappa shape index (κ2) is 5.37. The molecule has 0 bridgehead atoms. The maximum Gasteiger partial charge on any atom is 0.0541 e. The van der Waals surface area contributed by atoms with Gasteiger partial charge in [-0.25, -0.2) is 0 Å². The van der Waals surface area contributed by atoms with Crippen molar-refractivity contribution < 1.29 is 0 Å². The van der Waals surface area contributed by atoms with Gasteiger partial charge in [-0.15, -0.1) is 0 Å². The van der Waals surface area contributed by atoms with Crippen LogP contribution in [0.15, 0.2) is 42.9 Å². The van der Waals surface area contributed by atoms with Crippen LogP contribution in [0.3, 0.4) is 0 Å². The zero-order valence-corrected chi connectivity index (χ0v) is 9.35. The van der Waals surface area contributed by atoms with Crippen molar-refractivity contribution in [3.63, 3.8) is 0 Å². The number of aryl methyl sites for hydroxylation is 1. The molecule has 2 aromatic rings. The minimum Gasteiger partial charge on any atom is -0.307 e. The number of nitrogens with zero attached hydrogens (tertiary/aromatic N) is 2. The molecule has 16 heavy (non-hydrogen) atoms. The van der Waals surface area contributed by atoms with Crippen molar-refractivity contribution in [1.29, 1.82) is 0 Å². The van der Waals surface area contributed by atoms with Crippen LogP contribution in [0.2, 0.25) is 0 Å². The Morgan fingerprint density at radius 1 is 1.12 bits per heavy atom. The normalized spacial score (nSPS) is 10.3. The van der Waals surface area contributed by atoms with E-state index in [2.05, 4.69) is 22.2 Å². The molecule has 0 radical (unpaired) electrons. The predicted octanol–water partition coefficient (Wildman–Crippen LogP) is 2.07. The number of pyridine rings is 2. The van der Waals surface area contributed by atoms with Crippen molar-refractivity contribution in [3.05, 3.63) is 59.7 Å². The lowest BCUT2D eigenvalue weighted by molar-refractivity contribution is 0.675. The molecule has 3 heteroatoms. The summed E-state index contributed by atoms with van der Waals surface area (Å²) in [5, 5.41) is 3.36. The number of hydrogen-bond donors (Lipinski definition) is 1. The van der Waals surface area contributed by atoms with Gasteiger partial charge in [-0.2, -0.15) is 0 Å². The molecule has 0 amide bonds. The highest BCUT2D eigenvalue weighted by molar-refractivity contribution is 5.21. The van der Waals surface area contributed by atoms with Gasteiger partial charge in [0.1, 0.15) is 0 Å². The Kier molecular flexibility index (Phi) is 3.62. The zero-order valence-electron chi connectivity index (χ0n) is 9.35. The van der Waals surface area contributed by atoms with Gasteiger partial charge >= 0.3 is 0 Å². The largest absolute Gasteiger partial charge is 0.307 e. The molecule has 0 aromatic carbocycles. The van der Waals surface area contributed by atoms with Crippen molar-refractivity contribution in [2.24, 2.45) is 0 Å². The molecule has 3 nitrogen and oxygen atoms in total. The third-order valence-corrected chi connectivity index (χ3v) is 2.50. The summed E-state index contributed by atoms with van der Waals surface area (Å²) in [4.78, 5) is 8.37. The van der Waals surface area contributed by atoms with Crippen LogP contribution >= 0.6 is 0 Å². The molecule has 0 saturated heterocycles. The van der Waals surface area contributed by atoms with E-state index >= 15 is 0 Å². The van der Waals surface area contributed by atoms with Gasteiger partial charge in [0.05, 0.1) is 5.69 Å². The summed E-state index contributed by atoms with van der Waals surface area (Å²) >= 11 is 0. The lowest BCUT2D eigenvalue weighted by Crippen LogP contribution is -2.14. The standard InChI is InChI=1S/C13H15N3/c1-11-5-7-14-8-12(11)9-15-10-13-4-2-3-6-16-13/h2-8,15H,9-10H2,1H3. The molecule has 82 valence electrons. The molecule has 0 saturated carbocycles. The fourth-order valence-electron chi connectivity index (χ4n) is 1.51. The van der Waals surface area contributed by atoms with Crippen LogP contribution < -0.4 is 5.32 Å². The topological polar surface area (TPSA) is 37.8 Å². The highest BCUT2D eigenvalue weighted by atomic mass is 14.9. The van der Waals surface area contributed by atoms with Gasteiger partial charge in [-0.05, 0) is 36.2 Å². The predicted molar refractivity (Wildman–Crippen MR) is 63.8 cm³/mol.